The molecule has 29 heavy (non-hydrogen) atoms. The van der Waals surface area contributed by atoms with Crippen molar-refractivity contribution in [2.45, 2.75) is 50.8 Å². The summed E-state index contributed by atoms with van der Waals surface area (Å²) >= 11 is 0. The van der Waals surface area contributed by atoms with Crippen LogP contribution in [0.2, 0.25) is 0 Å². The van der Waals surface area contributed by atoms with Crippen LogP contribution in [0.1, 0.15) is 75.4 Å². The number of imide groups is 1. The molecule has 2 aliphatic rings. The summed E-state index contributed by atoms with van der Waals surface area (Å²) in [4.78, 5) is 29.9. The monoisotopic (exact) mass is 403 g/mol. The fraction of sp³-hybridized carbons (Fsp3) is 0.364. The summed E-state index contributed by atoms with van der Waals surface area (Å²) in [5.41, 5.74) is 0.366. The predicted molar refractivity (Wildman–Crippen MR) is 99.0 cm³/mol. The Kier molecular flexibility index (Phi) is 5.17. The second kappa shape index (κ2) is 7.63. The summed E-state index contributed by atoms with van der Waals surface area (Å²) in [5.74, 6) is -1.31. The molecule has 0 radical (unpaired) electrons. The number of halogens is 3. The average Bonchev–Trinajstić information content (AvgIpc) is 2.97. The van der Waals surface area contributed by atoms with Crippen LogP contribution in [0.5, 0.6) is 0 Å². The first kappa shape index (κ1) is 19.6. The van der Waals surface area contributed by atoms with Gasteiger partial charge in [0.1, 0.15) is 6.61 Å². The van der Waals surface area contributed by atoms with E-state index in [1.807, 2.05) is 0 Å². The predicted octanol–water partition coefficient (Wildman–Crippen LogP) is 5.48. The second-order valence-electron chi connectivity index (χ2n) is 7.48. The van der Waals surface area contributed by atoms with E-state index in [1.54, 1.807) is 18.2 Å². The van der Waals surface area contributed by atoms with Crippen molar-refractivity contribution in [2.24, 2.45) is 0 Å². The van der Waals surface area contributed by atoms with Crippen molar-refractivity contribution in [1.82, 2.24) is 5.06 Å². The van der Waals surface area contributed by atoms with Crippen molar-refractivity contribution in [3.63, 3.8) is 0 Å². The Morgan fingerprint density at radius 2 is 1.55 bits per heavy atom. The molecule has 2 amide bonds. The number of hydrogen-bond donors (Lipinski definition) is 0. The van der Waals surface area contributed by atoms with E-state index in [9.17, 15) is 22.8 Å². The molecule has 2 aromatic carbocycles. The summed E-state index contributed by atoms with van der Waals surface area (Å²) in [7, 11) is 0. The van der Waals surface area contributed by atoms with Gasteiger partial charge in [0.2, 0.25) is 0 Å². The highest BCUT2D eigenvalue weighted by molar-refractivity contribution is 6.20. The molecule has 0 bridgehead atoms. The summed E-state index contributed by atoms with van der Waals surface area (Å²) in [6, 6.07) is 10.5. The minimum Gasteiger partial charge on any atom is -0.266 e. The summed E-state index contributed by atoms with van der Waals surface area (Å²) < 4.78 is 41.0. The second-order valence-corrected chi connectivity index (χ2v) is 7.48. The highest BCUT2D eigenvalue weighted by atomic mass is 19.4. The van der Waals surface area contributed by atoms with E-state index < -0.39 is 23.6 Å². The van der Waals surface area contributed by atoms with Gasteiger partial charge in [-0.05, 0) is 48.1 Å². The average molecular weight is 403 g/mol. The number of carbonyl (C=O) groups is 2. The third-order valence-corrected chi connectivity index (χ3v) is 5.59. The maximum atomic E-state index is 13.7. The van der Waals surface area contributed by atoms with E-state index in [-0.39, 0.29) is 29.2 Å². The molecule has 0 unspecified atom stereocenters. The molecule has 0 atom stereocenters. The van der Waals surface area contributed by atoms with Gasteiger partial charge in [-0.1, -0.05) is 43.5 Å². The number of hydroxylamine groups is 2. The molecule has 152 valence electrons. The maximum absolute atomic E-state index is 13.7. The molecule has 0 aromatic heterocycles. The van der Waals surface area contributed by atoms with Gasteiger partial charge in [0.25, 0.3) is 11.8 Å². The molecule has 1 heterocycles. The SMILES string of the molecule is O=C1c2ccccc2C(=O)N1OCc1ccc(C2CCCCC2)c(C(F)(F)F)c1. The number of amides is 2. The third kappa shape index (κ3) is 3.79. The summed E-state index contributed by atoms with van der Waals surface area (Å²) in [5, 5.41) is 0.618. The zero-order valence-corrected chi connectivity index (χ0v) is 15.7. The fourth-order valence-corrected chi connectivity index (χ4v) is 4.13. The zero-order chi connectivity index (χ0) is 20.6. The van der Waals surface area contributed by atoms with Crippen LogP contribution in [0.25, 0.3) is 0 Å². The fourth-order valence-electron chi connectivity index (χ4n) is 4.13. The van der Waals surface area contributed by atoms with Gasteiger partial charge in [0.05, 0.1) is 16.7 Å². The number of hydrogen-bond acceptors (Lipinski definition) is 3. The standard InChI is InChI=1S/C22H20F3NO3/c23-22(24,25)19-12-14(10-11-16(19)15-6-2-1-3-7-15)13-29-26-20(27)17-8-4-5-9-18(17)21(26)28/h4-5,8-12,15H,1-3,6-7,13H2. The quantitative estimate of drug-likeness (QED) is 0.635. The Balaban J connectivity index is 1.54. The molecule has 1 fully saturated rings. The zero-order valence-electron chi connectivity index (χ0n) is 15.7. The molecule has 0 saturated heterocycles. The Labute approximate surface area is 166 Å². The molecule has 2 aromatic rings. The van der Waals surface area contributed by atoms with Crippen molar-refractivity contribution in [3.8, 4) is 0 Å². The number of alkyl halides is 3. The topological polar surface area (TPSA) is 46.6 Å². The number of rotatable bonds is 4. The number of carbonyl (C=O) groups excluding carboxylic acids is 2. The van der Waals surface area contributed by atoms with Crippen LogP contribution in [0, 0.1) is 0 Å². The van der Waals surface area contributed by atoms with Gasteiger partial charge in [-0.15, -0.1) is 5.06 Å². The first-order valence-corrected chi connectivity index (χ1v) is 9.67. The van der Waals surface area contributed by atoms with Crippen LogP contribution in [-0.4, -0.2) is 16.9 Å². The van der Waals surface area contributed by atoms with Crippen LogP contribution in [0.4, 0.5) is 13.2 Å². The van der Waals surface area contributed by atoms with E-state index in [0.717, 1.165) is 38.2 Å². The molecule has 0 N–H and O–H groups in total. The Morgan fingerprint density at radius 1 is 0.931 bits per heavy atom. The number of nitrogens with zero attached hydrogens (tertiary/aromatic N) is 1. The van der Waals surface area contributed by atoms with Crippen molar-refractivity contribution in [1.29, 1.82) is 0 Å². The van der Waals surface area contributed by atoms with Gasteiger partial charge in [-0.3, -0.25) is 14.4 Å². The first-order chi connectivity index (χ1) is 13.9. The van der Waals surface area contributed by atoms with Crippen LogP contribution < -0.4 is 0 Å². The molecule has 0 spiro atoms. The minimum atomic E-state index is -4.47. The van der Waals surface area contributed by atoms with Crippen molar-refractivity contribution >= 4 is 11.8 Å². The van der Waals surface area contributed by atoms with E-state index >= 15 is 0 Å². The van der Waals surface area contributed by atoms with Crippen molar-refractivity contribution in [2.75, 3.05) is 0 Å². The summed E-state index contributed by atoms with van der Waals surface area (Å²) in [6.07, 6.45) is -0.0244. The van der Waals surface area contributed by atoms with Crippen LogP contribution in [-0.2, 0) is 17.6 Å². The van der Waals surface area contributed by atoms with Gasteiger partial charge in [0.15, 0.2) is 0 Å². The Hall–Kier alpha value is -2.67. The number of fused-ring (bicyclic) bond motifs is 1. The van der Waals surface area contributed by atoms with Gasteiger partial charge >= 0.3 is 6.18 Å². The lowest BCUT2D eigenvalue weighted by molar-refractivity contribution is -0.138. The van der Waals surface area contributed by atoms with Gasteiger partial charge in [-0.25, -0.2) is 0 Å². The van der Waals surface area contributed by atoms with E-state index in [2.05, 4.69) is 0 Å². The molecule has 4 nitrogen and oxygen atoms in total. The smallest absolute Gasteiger partial charge is 0.266 e. The van der Waals surface area contributed by atoms with Crippen molar-refractivity contribution in [3.05, 3.63) is 70.3 Å². The minimum absolute atomic E-state index is 0.0911. The molecular formula is C22H20F3NO3. The van der Waals surface area contributed by atoms with Gasteiger partial charge in [-0.2, -0.15) is 13.2 Å². The highest BCUT2D eigenvalue weighted by Gasteiger charge is 2.38. The van der Waals surface area contributed by atoms with Gasteiger partial charge in [0, 0.05) is 0 Å². The Morgan fingerprint density at radius 3 is 2.14 bits per heavy atom. The lowest BCUT2D eigenvalue weighted by Gasteiger charge is -2.25. The van der Waals surface area contributed by atoms with Crippen LogP contribution in [0.15, 0.2) is 42.5 Å². The van der Waals surface area contributed by atoms with Crippen LogP contribution in [0.3, 0.4) is 0 Å². The lowest BCUT2D eigenvalue weighted by Crippen LogP contribution is -2.29. The first-order valence-electron chi connectivity index (χ1n) is 9.67. The molecule has 4 rings (SSSR count). The normalized spacial score (nSPS) is 17.7. The van der Waals surface area contributed by atoms with E-state index in [0.29, 0.717) is 10.6 Å². The van der Waals surface area contributed by atoms with E-state index in [1.165, 1.54) is 18.2 Å². The van der Waals surface area contributed by atoms with Gasteiger partial charge < -0.3 is 0 Å². The maximum Gasteiger partial charge on any atom is 0.416 e. The lowest BCUT2D eigenvalue weighted by atomic mass is 9.81. The molecular weight excluding hydrogens is 383 g/mol. The van der Waals surface area contributed by atoms with Crippen LogP contribution >= 0.6 is 0 Å². The molecule has 1 saturated carbocycles. The molecule has 1 aliphatic heterocycles. The highest BCUT2D eigenvalue weighted by Crippen LogP contribution is 2.41. The summed E-state index contributed by atoms with van der Waals surface area (Å²) in [6.45, 7) is -0.306. The number of benzene rings is 2. The molecule has 7 heteroatoms. The third-order valence-electron chi connectivity index (χ3n) is 5.59. The van der Waals surface area contributed by atoms with Crippen molar-refractivity contribution < 1.29 is 27.6 Å². The largest absolute Gasteiger partial charge is 0.416 e. The Bertz CT molecular complexity index is 914. The molecule has 1 aliphatic carbocycles. The van der Waals surface area contributed by atoms with E-state index in [4.69, 9.17) is 4.84 Å².